The zero-order valence-electron chi connectivity index (χ0n) is 13.1. The quantitative estimate of drug-likeness (QED) is 0.881. The molecule has 3 amide bonds. The molecule has 2 saturated heterocycles. The minimum Gasteiger partial charge on any atom is -0.390 e. The summed E-state index contributed by atoms with van der Waals surface area (Å²) < 4.78 is 0. The zero-order valence-corrected chi connectivity index (χ0v) is 13.1. The van der Waals surface area contributed by atoms with Crippen molar-refractivity contribution in [3.63, 3.8) is 0 Å². The maximum Gasteiger partial charge on any atom is 0.332 e. The third kappa shape index (κ3) is 1.98. The number of hydrogen-bond donors (Lipinski definition) is 1. The van der Waals surface area contributed by atoms with Crippen molar-refractivity contribution < 1.29 is 14.7 Å². The van der Waals surface area contributed by atoms with Crippen LogP contribution in [0.3, 0.4) is 0 Å². The predicted octanol–water partition coefficient (Wildman–Crippen LogP) is 2.20. The molecule has 0 spiro atoms. The summed E-state index contributed by atoms with van der Waals surface area (Å²) >= 11 is 0. The van der Waals surface area contributed by atoms with Crippen LogP contribution in [-0.4, -0.2) is 40.1 Å². The number of carbonyl (C=O) groups is 2. The molecule has 0 unspecified atom stereocenters. The van der Waals surface area contributed by atoms with Gasteiger partial charge in [0, 0.05) is 13.0 Å². The molecule has 5 nitrogen and oxygen atoms in total. The van der Waals surface area contributed by atoms with E-state index < -0.39 is 11.6 Å². The van der Waals surface area contributed by atoms with Gasteiger partial charge in [0.2, 0.25) is 0 Å². The van der Waals surface area contributed by atoms with Gasteiger partial charge in [-0.1, -0.05) is 48.5 Å². The number of hydrogen-bond acceptors (Lipinski definition) is 3. The van der Waals surface area contributed by atoms with Crippen LogP contribution in [0.4, 0.5) is 10.5 Å². The summed E-state index contributed by atoms with van der Waals surface area (Å²) in [5.74, 6) is -0.340. The number of anilines is 1. The van der Waals surface area contributed by atoms with Crippen LogP contribution >= 0.6 is 0 Å². The van der Waals surface area contributed by atoms with Crippen molar-refractivity contribution in [1.82, 2.24) is 4.90 Å². The molecule has 0 bridgehead atoms. The van der Waals surface area contributed by atoms with Crippen LogP contribution in [0.15, 0.2) is 60.7 Å². The Morgan fingerprint density at radius 3 is 2.29 bits per heavy atom. The summed E-state index contributed by atoms with van der Waals surface area (Å²) in [6.07, 6.45) is -0.113. The van der Waals surface area contributed by atoms with Crippen molar-refractivity contribution in [3.05, 3.63) is 66.2 Å². The Kier molecular flexibility index (Phi) is 3.39. The van der Waals surface area contributed by atoms with Gasteiger partial charge >= 0.3 is 6.03 Å². The Hall–Kier alpha value is -2.66. The van der Waals surface area contributed by atoms with Crippen LogP contribution in [0.25, 0.3) is 0 Å². The largest absolute Gasteiger partial charge is 0.390 e. The zero-order chi connectivity index (χ0) is 16.7. The maximum absolute atomic E-state index is 13.2. The van der Waals surface area contributed by atoms with E-state index >= 15 is 0 Å². The first-order valence-electron chi connectivity index (χ1n) is 8.08. The number of nitrogens with zero attached hydrogens (tertiary/aromatic N) is 2. The van der Waals surface area contributed by atoms with Crippen molar-refractivity contribution >= 4 is 17.6 Å². The van der Waals surface area contributed by atoms with Gasteiger partial charge in [-0.05, 0) is 24.1 Å². The summed E-state index contributed by atoms with van der Waals surface area (Å²) in [5, 5.41) is 10.6. The van der Waals surface area contributed by atoms with Gasteiger partial charge in [0.25, 0.3) is 5.91 Å². The summed E-state index contributed by atoms with van der Waals surface area (Å²) in [4.78, 5) is 28.8. The highest BCUT2D eigenvalue weighted by Gasteiger charge is 2.64. The number of para-hydroxylation sites is 1. The highest BCUT2D eigenvalue weighted by atomic mass is 16.3. The van der Waals surface area contributed by atoms with Crippen molar-refractivity contribution in [2.75, 3.05) is 11.4 Å². The molecule has 2 aromatic carbocycles. The molecule has 2 aromatic rings. The van der Waals surface area contributed by atoms with Crippen molar-refractivity contribution in [1.29, 1.82) is 0 Å². The lowest BCUT2D eigenvalue weighted by Gasteiger charge is -2.31. The fraction of sp³-hybridized carbons (Fsp3) is 0.263. The van der Waals surface area contributed by atoms with Gasteiger partial charge in [-0.2, -0.15) is 0 Å². The number of aliphatic hydroxyl groups is 1. The average Bonchev–Trinajstić information content (AvgIpc) is 3.04. The van der Waals surface area contributed by atoms with Gasteiger partial charge in [-0.15, -0.1) is 0 Å². The molecule has 2 heterocycles. The fourth-order valence-electron chi connectivity index (χ4n) is 3.80. The smallest absolute Gasteiger partial charge is 0.332 e. The second kappa shape index (κ2) is 5.46. The number of imide groups is 1. The molecule has 0 radical (unpaired) electrons. The van der Waals surface area contributed by atoms with Crippen LogP contribution in [0, 0.1) is 0 Å². The standard InChI is InChI=1S/C19H18N2O3/c22-16-11-12-20-18(24)21(15-9-5-2-6-10-15)17(23)19(16,20)13-14-7-3-1-4-8-14/h1-10,16,22H,11-13H2/t16-,19+/m0/s1. The Morgan fingerprint density at radius 1 is 1.00 bits per heavy atom. The Labute approximate surface area is 140 Å². The molecule has 0 saturated carbocycles. The van der Waals surface area contributed by atoms with E-state index in [-0.39, 0.29) is 11.9 Å². The van der Waals surface area contributed by atoms with Gasteiger partial charge in [0.05, 0.1) is 11.8 Å². The lowest BCUT2D eigenvalue weighted by molar-refractivity contribution is -0.127. The number of carbonyl (C=O) groups excluding carboxylic acids is 2. The van der Waals surface area contributed by atoms with E-state index in [1.165, 1.54) is 4.90 Å². The highest BCUT2D eigenvalue weighted by molar-refractivity contribution is 6.24. The molecule has 0 aromatic heterocycles. The third-order valence-corrected chi connectivity index (χ3v) is 4.99. The van der Waals surface area contributed by atoms with Crippen LogP contribution in [0.1, 0.15) is 12.0 Å². The molecule has 24 heavy (non-hydrogen) atoms. The lowest BCUT2D eigenvalue weighted by atomic mass is 9.86. The van der Waals surface area contributed by atoms with Crippen LogP contribution in [0.5, 0.6) is 0 Å². The number of rotatable bonds is 3. The van der Waals surface area contributed by atoms with E-state index in [1.54, 1.807) is 29.2 Å². The van der Waals surface area contributed by atoms with Gasteiger partial charge in [0.15, 0.2) is 5.54 Å². The number of fused-ring (bicyclic) bond motifs is 1. The minimum atomic E-state index is -1.20. The maximum atomic E-state index is 13.2. The summed E-state index contributed by atoms with van der Waals surface area (Å²) in [6.45, 7) is 0.391. The van der Waals surface area contributed by atoms with Crippen LogP contribution < -0.4 is 4.90 Å². The molecule has 2 aliphatic heterocycles. The second-order valence-corrected chi connectivity index (χ2v) is 6.30. The number of amides is 3. The molecule has 5 heteroatoms. The average molecular weight is 322 g/mol. The molecule has 2 fully saturated rings. The topological polar surface area (TPSA) is 60.9 Å². The van der Waals surface area contributed by atoms with Crippen molar-refractivity contribution in [2.24, 2.45) is 0 Å². The van der Waals surface area contributed by atoms with Gasteiger partial charge in [-0.3, -0.25) is 4.79 Å². The summed E-state index contributed by atoms with van der Waals surface area (Å²) in [5.41, 5.74) is 0.273. The van der Waals surface area contributed by atoms with E-state index in [0.717, 1.165) is 5.56 Å². The molecule has 4 rings (SSSR count). The van der Waals surface area contributed by atoms with Gasteiger partial charge in [0.1, 0.15) is 0 Å². The van der Waals surface area contributed by atoms with Crippen molar-refractivity contribution in [3.8, 4) is 0 Å². The van der Waals surface area contributed by atoms with Crippen LogP contribution in [0.2, 0.25) is 0 Å². The Balaban J connectivity index is 1.78. The van der Waals surface area contributed by atoms with E-state index in [1.807, 2.05) is 36.4 Å². The molecule has 1 N–H and O–H groups in total. The first kappa shape index (κ1) is 14.9. The molecular formula is C19H18N2O3. The third-order valence-electron chi connectivity index (χ3n) is 4.99. The van der Waals surface area contributed by atoms with E-state index in [2.05, 4.69) is 0 Å². The fourth-order valence-corrected chi connectivity index (χ4v) is 3.80. The second-order valence-electron chi connectivity index (χ2n) is 6.30. The first-order chi connectivity index (χ1) is 11.6. The predicted molar refractivity (Wildman–Crippen MR) is 89.5 cm³/mol. The van der Waals surface area contributed by atoms with Crippen LogP contribution in [-0.2, 0) is 11.2 Å². The monoisotopic (exact) mass is 322 g/mol. The number of aliphatic hydroxyl groups excluding tert-OH is 1. The normalized spacial score (nSPS) is 26.1. The summed E-state index contributed by atoms with van der Waals surface area (Å²) in [7, 11) is 0. The van der Waals surface area contributed by atoms with Gasteiger partial charge < -0.3 is 10.0 Å². The summed E-state index contributed by atoms with van der Waals surface area (Å²) in [6, 6.07) is 18.1. The number of urea groups is 1. The minimum absolute atomic E-state index is 0.322. The molecule has 2 atom stereocenters. The lowest BCUT2D eigenvalue weighted by Crippen LogP contribution is -2.54. The SMILES string of the molecule is O=C1N(c2ccccc2)C(=O)[C@@]2(Cc3ccccc3)[C@@H](O)CCN12. The Morgan fingerprint density at radius 2 is 1.62 bits per heavy atom. The molecule has 2 aliphatic rings. The first-order valence-corrected chi connectivity index (χ1v) is 8.08. The van der Waals surface area contributed by atoms with Crippen molar-refractivity contribution in [2.45, 2.75) is 24.5 Å². The molecular weight excluding hydrogens is 304 g/mol. The number of benzene rings is 2. The molecule has 0 aliphatic carbocycles. The Bertz CT molecular complexity index is 778. The van der Waals surface area contributed by atoms with E-state index in [9.17, 15) is 14.7 Å². The molecule has 122 valence electrons. The van der Waals surface area contributed by atoms with E-state index in [0.29, 0.717) is 25.1 Å². The highest BCUT2D eigenvalue weighted by Crippen LogP contribution is 2.42. The van der Waals surface area contributed by atoms with Gasteiger partial charge in [-0.25, -0.2) is 9.69 Å². The van der Waals surface area contributed by atoms with E-state index in [4.69, 9.17) is 0 Å².